The van der Waals surface area contributed by atoms with Gasteiger partial charge in [0.15, 0.2) is 15.8 Å². The van der Waals surface area contributed by atoms with Gasteiger partial charge < -0.3 is 15.4 Å². The second-order valence-electron chi connectivity index (χ2n) is 4.35. The highest BCUT2D eigenvalue weighted by molar-refractivity contribution is 7.91. The van der Waals surface area contributed by atoms with E-state index in [-0.39, 0.29) is 17.5 Å². The average molecular weight is 277 g/mol. The van der Waals surface area contributed by atoms with Crippen molar-refractivity contribution in [3.05, 3.63) is 0 Å². The summed E-state index contributed by atoms with van der Waals surface area (Å²) in [6, 6.07) is -0.0183. The van der Waals surface area contributed by atoms with Gasteiger partial charge in [0.2, 0.25) is 0 Å². The number of aliphatic imine (C=N–C) groups is 1. The Morgan fingerprint density at radius 1 is 1.50 bits per heavy atom. The molecule has 6 nitrogen and oxygen atoms in total. The zero-order valence-corrected chi connectivity index (χ0v) is 11.9. The maximum Gasteiger partial charge on any atom is 0.191 e. The minimum atomic E-state index is -2.85. The van der Waals surface area contributed by atoms with Crippen molar-refractivity contribution >= 4 is 15.8 Å². The number of nitrogens with zero attached hydrogens (tertiary/aromatic N) is 1. The van der Waals surface area contributed by atoms with Crippen molar-refractivity contribution in [3.8, 4) is 0 Å². The van der Waals surface area contributed by atoms with Crippen molar-refractivity contribution in [2.24, 2.45) is 4.99 Å². The number of guanidine groups is 1. The van der Waals surface area contributed by atoms with Gasteiger partial charge in [0.25, 0.3) is 0 Å². The summed E-state index contributed by atoms with van der Waals surface area (Å²) in [7, 11) is -1.19. The number of rotatable bonds is 6. The number of hydrogen-bond acceptors (Lipinski definition) is 4. The first-order valence-corrected chi connectivity index (χ1v) is 8.13. The summed E-state index contributed by atoms with van der Waals surface area (Å²) in [6.45, 7) is 4.09. The zero-order valence-electron chi connectivity index (χ0n) is 11.1. The molecule has 0 aliphatic carbocycles. The molecule has 1 aliphatic heterocycles. The highest BCUT2D eigenvalue weighted by Crippen LogP contribution is 2.10. The van der Waals surface area contributed by atoms with Crippen LogP contribution in [0.25, 0.3) is 0 Å². The summed E-state index contributed by atoms with van der Waals surface area (Å²) in [4.78, 5) is 4.38. The van der Waals surface area contributed by atoms with Crippen LogP contribution in [0.2, 0.25) is 0 Å². The Labute approximate surface area is 109 Å². The zero-order chi connectivity index (χ0) is 13.4. The highest BCUT2D eigenvalue weighted by Gasteiger charge is 2.28. The molecule has 1 unspecified atom stereocenters. The molecule has 0 bridgehead atoms. The lowest BCUT2D eigenvalue weighted by molar-refractivity contribution is 0.197. The molecule has 0 radical (unpaired) electrons. The molecule has 7 heteroatoms. The number of ether oxygens (including phenoxy) is 1. The summed E-state index contributed by atoms with van der Waals surface area (Å²) < 4.78 is 27.7. The number of methoxy groups -OCH3 is 1. The molecule has 1 heterocycles. The molecule has 1 rings (SSSR count). The highest BCUT2D eigenvalue weighted by atomic mass is 32.2. The smallest absolute Gasteiger partial charge is 0.191 e. The molecule has 0 spiro atoms. The van der Waals surface area contributed by atoms with Crippen LogP contribution in [0.1, 0.15) is 19.8 Å². The Morgan fingerprint density at radius 2 is 2.28 bits per heavy atom. The quantitative estimate of drug-likeness (QED) is 0.398. The van der Waals surface area contributed by atoms with Crippen LogP contribution < -0.4 is 10.6 Å². The SMILES string of the molecule is CCNC(=NCCCOC)NC1CCS(=O)(=O)C1. The van der Waals surface area contributed by atoms with E-state index >= 15 is 0 Å². The third-order valence-corrected chi connectivity index (χ3v) is 4.46. The molecule has 1 saturated heterocycles. The van der Waals surface area contributed by atoms with E-state index in [4.69, 9.17) is 4.74 Å². The van der Waals surface area contributed by atoms with Gasteiger partial charge in [-0.05, 0) is 19.8 Å². The molecule has 106 valence electrons. The normalized spacial score (nSPS) is 23.0. The van der Waals surface area contributed by atoms with Gasteiger partial charge >= 0.3 is 0 Å². The topological polar surface area (TPSA) is 79.8 Å². The number of nitrogens with one attached hydrogen (secondary N) is 2. The van der Waals surface area contributed by atoms with Gasteiger partial charge in [-0.1, -0.05) is 0 Å². The van der Waals surface area contributed by atoms with Crippen LogP contribution in [0.4, 0.5) is 0 Å². The van der Waals surface area contributed by atoms with Crippen molar-refractivity contribution in [1.29, 1.82) is 0 Å². The van der Waals surface area contributed by atoms with Gasteiger partial charge in [0.1, 0.15) is 0 Å². The van der Waals surface area contributed by atoms with Crippen molar-refractivity contribution in [2.75, 3.05) is 38.3 Å². The van der Waals surface area contributed by atoms with Crippen molar-refractivity contribution in [3.63, 3.8) is 0 Å². The molecular formula is C11H23N3O3S. The lowest BCUT2D eigenvalue weighted by Crippen LogP contribution is -2.44. The Balaban J connectivity index is 2.42. The molecule has 0 aromatic carbocycles. The maximum atomic E-state index is 11.4. The predicted molar refractivity (Wildman–Crippen MR) is 72.7 cm³/mol. The van der Waals surface area contributed by atoms with E-state index in [2.05, 4.69) is 15.6 Å². The van der Waals surface area contributed by atoms with Gasteiger partial charge in [-0.2, -0.15) is 0 Å². The average Bonchev–Trinajstić information content (AvgIpc) is 2.64. The number of sulfone groups is 1. The lowest BCUT2D eigenvalue weighted by atomic mass is 10.3. The molecule has 0 amide bonds. The summed E-state index contributed by atoms with van der Waals surface area (Å²) in [5, 5.41) is 6.29. The summed E-state index contributed by atoms with van der Waals surface area (Å²) >= 11 is 0. The summed E-state index contributed by atoms with van der Waals surface area (Å²) in [5.74, 6) is 1.17. The second kappa shape index (κ2) is 7.58. The van der Waals surface area contributed by atoms with E-state index in [9.17, 15) is 8.42 Å². The van der Waals surface area contributed by atoms with Crippen LogP contribution in [0.15, 0.2) is 4.99 Å². The van der Waals surface area contributed by atoms with Gasteiger partial charge in [-0.3, -0.25) is 4.99 Å². The fourth-order valence-corrected chi connectivity index (χ4v) is 3.50. The standard InChI is InChI=1S/C11H23N3O3S/c1-3-12-11(13-6-4-7-17-2)14-10-5-8-18(15,16)9-10/h10H,3-9H2,1-2H3,(H2,12,13,14). The Bertz CT molecular complexity index is 368. The molecule has 0 aromatic rings. The first-order valence-electron chi connectivity index (χ1n) is 6.31. The Kier molecular flexibility index (Phi) is 6.42. The van der Waals surface area contributed by atoms with E-state index in [1.54, 1.807) is 7.11 Å². The van der Waals surface area contributed by atoms with Crippen LogP contribution in [-0.2, 0) is 14.6 Å². The first kappa shape index (κ1) is 15.2. The third-order valence-electron chi connectivity index (χ3n) is 2.69. The van der Waals surface area contributed by atoms with E-state index in [0.29, 0.717) is 25.5 Å². The number of hydrogen-bond donors (Lipinski definition) is 2. The fourth-order valence-electron chi connectivity index (χ4n) is 1.82. The lowest BCUT2D eigenvalue weighted by Gasteiger charge is -2.15. The molecule has 0 saturated carbocycles. The summed E-state index contributed by atoms with van der Waals surface area (Å²) in [6.07, 6.45) is 1.51. The second-order valence-corrected chi connectivity index (χ2v) is 6.58. The molecular weight excluding hydrogens is 254 g/mol. The molecule has 1 fully saturated rings. The Morgan fingerprint density at radius 3 is 2.83 bits per heavy atom. The maximum absolute atomic E-state index is 11.4. The molecule has 18 heavy (non-hydrogen) atoms. The van der Waals surface area contributed by atoms with Gasteiger partial charge in [0.05, 0.1) is 11.5 Å². The monoisotopic (exact) mass is 277 g/mol. The van der Waals surface area contributed by atoms with Crippen molar-refractivity contribution < 1.29 is 13.2 Å². The molecule has 1 aliphatic rings. The van der Waals surface area contributed by atoms with Gasteiger partial charge in [-0.25, -0.2) is 8.42 Å². The predicted octanol–water partition coefficient (Wildman–Crippen LogP) is -0.235. The molecule has 0 aromatic heterocycles. The van der Waals surface area contributed by atoms with Crippen LogP contribution in [0.3, 0.4) is 0 Å². The van der Waals surface area contributed by atoms with Gasteiger partial charge in [-0.15, -0.1) is 0 Å². The van der Waals surface area contributed by atoms with Crippen LogP contribution >= 0.6 is 0 Å². The third kappa shape index (κ3) is 5.68. The largest absolute Gasteiger partial charge is 0.385 e. The Hall–Kier alpha value is -0.820. The van der Waals surface area contributed by atoms with Crippen LogP contribution in [0.5, 0.6) is 0 Å². The fraction of sp³-hybridized carbons (Fsp3) is 0.909. The minimum Gasteiger partial charge on any atom is -0.385 e. The van der Waals surface area contributed by atoms with Gasteiger partial charge in [0, 0.05) is 32.8 Å². The summed E-state index contributed by atoms with van der Waals surface area (Å²) in [5.41, 5.74) is 0. The van der Waals surface area contributed by atoms with Crippen LogP contribution in [0, 0.1) is 0 Å². The minimum absolute atomic E-state index is 0.0183. The molecule has 1 atom stereocenters. The molecule has 2 N–H and O–H groups in total. The van der Waals surface area contributed by atoms with E-state index in [1.807, 2.05) is 6.92 Å². The van der Waals surface area contributed by atoms with E-state index in [0.717, 1.165) is 13.0 Å². The van der Waals surface area contributed by atoms with Crippen molar-refractivity contribution in [1.82, 2.24) is 10.6 Å². The van der Waals surface area contributed by atoms with E-state index < -0.39 is 9.84 Å². The van der Waals surface area contributed by atoms with E-state index in [1.165, 1.54) is 0 Å². The first-order chi connectivity index (χ1) is 8.57. The van der Waals surface area contributed by atoms with Crippen LogP contribution in [-0.4, -0.2) is 58.7 Å². The van der Waals surface area contributed by atoms with Crippen molar-refractivity contribution in [2.45, 2.75) is 25.8 Å².